The molecule has 6 nitrogen and oxygen atoms in total. The van der Waals surface area contributed by atoms with Crippen LogP contribution < -0.4 is 0 Å². The topological polar surface area (TPSA) is 82.9 Å². The highest BCUT2D eigenvalue weighted by molar-refractivity contribution is 7.09. The number of thiazole rings is 1. The zero-order valence-electron chi connectivity index (χ0n) is 15.1. The summed E-state index contributed by atoms with van der Waals surface area (Å²) in [5, 5.41) is 22.6. The lowest BCUT2D eigenvalue weighted by atomic mass is 9.92. The highest BCUT2D eigenvalue weighted by Crippen LogP contribution is 2.38. The van der Waals surface area contributed by atoms with Crippen LogP contribution in [0.3, 0.4) is 0 Å². The molecule has 24 heavy (non-hydrogen) atoms. The number of aromatic nitrogens is 1. The Morgan fingerprint density at radius 3 is 2.50 bits per heavy atom. The fourth-order valence-electron chi connectivity index (χ4n) is 2.34. The van der Waals surface area contributed by atoms with Crippen molar-refractivity contribution in [2.45, 2.75) is 64.0 Å². The molecule has 0 bridgehead atoms. The molecule has 0 aliphatic carbocycles. The highest BCUT2D eigenvalue weighted by atomic mass is 32.1. The molecule has 1 aliphatic rings. The lowest BCUT2D eigenvalue weighted by Gasteiger charge is -2.36. The molecule has 1 amide bonds. The molecule has 2 rings (SSSR count). The van der Waals surface area contributed by atoms with Gasteiger partial charge >= 0.3 is 6.09 Å². The van der Waals surface area contributed by atoms with Gasteiger partial charge in [0, 0.05) is 31.3 Å². The van der Waals surface area contributed by atoms with Crippen molar-refractivity contribution in [1.82, 2.24) is 9.88 Å². The Morgan fingerprint density at radius 1 is 1.42 bits per heavy atom. The molecule has 0 atom stereocenters. The van der Waals surface area contributed by atoms with Crippen molar-refractivity contribution in [3.8, 4) is 0 Å². The molecule has 1 saturated heterocycles. The summed E-state index contributed by atoms with van der Waals surface area (Å²) in [6.45, 7) is 12.1. The number of rotatable bonds is 4. The van der Waals surface area contributed by atoms with Crippen LogP contribution in [-0.2, 0) is 16.6 Å². The monoisotopic (exact) mass is 372 g/mol. The molecule has 2 N–H and O–H groups in total. The van der Waals surface area contributed by atoms with E-state index in [4.69, 9.17) is 9.53 Å². The zero-order valence-corrected chi connectivity index (χ0v) is 16.9. The SMILES string of the molecule is CC(C)(C)[Si](C)(C)OCc1csc(C2(O)CCN(C(=O)O)CC2)n1. The van der Waals surface area contributed by atoms with Crippen molar-refractivity contribution in [3.05, 3.63) is 16.1 Å². The second-order valence-electron chi connectivity index (χ2n) is 7.99. The predicted octanol–water partition coefficient (Wildman–Crippen LogP) is 3.63. The minimum absolute atomic E-state index is 0.147. The molecule has 2 heterocycles. The first-order valence-electron chi connectivity index (χ1n) is 8.24. The van der Waals surface area contributed by atoms with Gasteiger partial charge in [-0.15, -0.1) is 11.3 Å². The first kappa shape index (κ1) is 19.4. The molecule has 1 fully saturated rings. The summed E-state index contributed by atoms with van der Waals surface area (Å²) < 4.78 is 6.18. The summed E-state index contributed by atoms with van der Waals surface area (Å²) in [5.74, 6) is 0. The summed E-state index contributed by atoms with van der Waals surface area (Å²) >= 11 is 1.43. The van der Waals surface area contributed by atoms with Gasteiger partial charge in [0.2, 0.25) is 0 Å². The van der Waals surface area contributed by atoms with Crippen molar-refractivity contribution >= 4 is 25.7 Å². The number of nitrogens with zero attached hydrogens (tertiary/aromatic N) is 2. The number of hydrogen-bond acceptors (Lipinski definition) is 5. The van der Waals surface area contributed by atoms with E-state index in [1.165, 1.54) is 16.2 Å². The van der Waals surface area contributed by atoms with Gasteiger partial charge in [-0.3, -0.25) is 0 Å². The van der Waals surface area contributed by atoms with Gasteiger partial charge < -0.3 is 19.5 Å². The Hall–Kier alpha value is -0.963. The summed E-state index contributed by atoms with van der Waals surface area (Å²) in [7, 11) is -1.83. The third kappa shape index (κ3) is 4.16. The van der Waals surface area contributed by atoms with Crippen molar-refractivity contribution in [2.24, 2.45) is 0 Å². The Bertz CT molecular complexity index is 589. The molecular formula is C16H28N2O4SSi. The van der Waals surface area contributed by atoms with E-state index in [0.29, 0.717) is 37.5 Å². The van der Waals surface area contributed by atoms with Gasteiger partial charge in [-0.2, -0.15) is 0 Å². The molecule has 1 aliphatic heterocycles. The Balaban J connectivity index is 2.00. The van der Waals surface area contributed by atoms with E-state index in [1.54, 1.807) is 0 Å². The number of likely N-dealkylation sites (tertiary alicyclic amines) is 1. The maximum absolute atomic E-state index is 11.0. The molecule has 8 heteroatoms. The molecule has 136 valence electrons. The second-order valence-corrected chi connectivity index (χ2v) is 13.7. The predicted molar refractivity (Wildman–Crippen MR) is 96.8 cm³/mol. The van der Waals surface area contributed by atoms with E-state index < -0.39 is 20.0 Å². The van der Waals surface area contributed by atoms with E-state index in [-0.39, 0.29) is 5.04 Å². The normalized spacial score (nSPS) is 18.7. The standard InChI is InChI=1S/C16H28N2O4SSi/c1-15(2,3)24(4,5)22-10-12-11-23-13(17-12)16(21)6-8-18(9-7-16)14(19)20/h11,21H,6-10H2,1-5H3,(H,19,20). The third-order valence-electron chi connectivity index (χ3n) is 5.20. The van der Waals surface area contributed by atoms with Gasteiger partial charge in [-0.05, 0) is 18.1 Å². The number of amides is 1. The van der Waals surface area contributed by atoms with Crippen LogP contribution in [0.25, 0.3) is 0 Å². The van der Waals surface area contributed by atoms with Crippen LogP contribution in [0.5, 0.6) is 0 Å². The van der Waals surface area contributed by atoms with Crippen LogP contribution in [0, 0.1) is 0 Å². The maximum atomic E-state index is 11.0. The van der Waals surface area contributed by atoms with Gasteiger partial charge in [0.05, 0.1) is 12.3 Å². The van der Waals surface area contributed by atoms with Gasteiger partial charge in [0.15, 0.2) is 8.32 Å². The Labute approximate surface area is 148 Å². The molecule has 0 aromatic carbocycles. The smallest absolute Gasteiger partial charge is 0.407 e. The molecular weight excluding hydrogens is 344 g/mol. The molecule has 0 spiro atoms. The van der Waals surface area contributed by atoms with Crippen LogP contribution in [0.2, 0.25) is 18.1 Å². The Morgan fingerprint density at radius 2 is 2.00 bits per heavy atom. The molecule has 1 aromatic rings. The first-order valence-corrected chi connectivity index (χ1v) is 12.0. The van der Waals surface area contributed by atoms with Crippen LogP contribution in [0.15, 0.2) is 5.38 Å². The second kappa shape index (κ2) is 6.74. The van der Waals surface area contributed by atoms with E-state index in [0.717, 1.165) is 5.69 Å². The lowest BCUT2D eigenvalue weighted by molar-refractivity contribution is -0.0216. The average Bonchev–Trinajstić information content (AvgIpc) is 2.94. The number of piperidine rings is 1. The van der Waals surface area contributed by atoms with E-state index in [9.17, 15) is 9.90 Å². The van der Waals surface area contributed by atoms with Crippen LogP contribution >= 0.6 is 11.3 Å². The fourth-order valence-corrected chi connectivity index (χ4v) is 4.24. The summed E-state index contributed by atoms with van der Waals surface area (Å²) in [5.41, 5.74) is -0.180. The Kier molecular flexibility index (Phi) is 5.44. The van der Waals surface area contributed by atoms with Gasteiger partial charge in [0.1, 0.15) is 10.6 Å². The minimum atomic E-state index is -1.83. The number of aliphatic hydroxyl groups is 1. The van der Waals surface area contributed by atoms with Crippen molar-refractivity contribution in [3.63, 3.8) is 0 Å². The van der Waals surface area contributed by atoms with Gasteiger partial charge in [-0.1, -0.05) is 20.8 Å². The average molecular weight is 373 g/mol. The summed E-state index contributed by atoms with van der Waals surface area (Å²) in [6.07, 6.45) is -0.162. The number of hydrogen-bond donors (Lipinski definition) is 2. The van der Waals surface area contributed by atoms with Crippen LogP contribution in [0.1, 0.15) is 44.3 Å². The largest absolute Gasteiger partial charge is 0.465 e. The van der Waals surface area contributed by atoms with Gasteiger partial charge in [0.25, 0.3) is 0 Å². The lowest BCUT2D eigenvalue weighted by Crippen LogP contribution is -2.44. The number of carboxylic acid groups (broad SMARTS) is 1. The minimum Gasteiger partial charge on any atom is -0.465 e. The summed E-state index contributed by atoms with van der Waals surface area (Å²) in [6, 6.07) is 0. The van der Waals surface area contributed by atoms with Gasteiger partial charge in [-0.25, -0.2) is 9.78 Å². The molecule has 0 saturated carbocycles. The van der Waals surface area contributed by atoms with Crippen molar-refractivity contribution in [2.75, 3.05) is 13.1 Å². The zero-order chi connectivity index (χ0) is 18.2. The molecule has 0 radical (unpaired) electrons. The fraction of sp³-hybridized carbons (Fsp3) is 0.750. The molecule has 1 aromatic heterocycles. The molecule has 0 unspecified atom stereocenters. The maximum Gasteiger partial charge on any atom is 0.407 e. The van der Waals surface area contributed by atoms with Crippen molar-refractivity contribution in [1.29, 1.82) is 0 Å². The van der Waals surface area contributed by atoms with E-state index in [1.807, 2.05) is 5.38 Å². The number of carbonyl (C=O) groups is 1. The van der Waals surface area contributed by atoms with Crippen LogP contribution in [0.4, 0.5) is 4.79 Å². The highest BCUT2D eigenvalue weighted by Gasteiger charge is 2.39. The third-order valence-corrected chi connectivity index (χ3v) is 10.8. The van der Waals surface area contributed by atoms with E-state index in [2.05, 4.69) is 38.8 Å². The quantitative estimate of drug-likeness (QED) is 0.789. The van der Waals surface area contributed by atoms with Crippen LogP contribution in [-0.4, -0.2) is 47.6 Å². The summed E-state index contributed by atoms with van der Waals surface area (Å²) in [4.78, 5) is 16.9. The first-order chi connectivity index (χ1) is 10.9. The van der Waals surface area contributed by atoms with Crippen molar-refractivity contribution < 1.29 is 19.4 Å². The van der Waals surface area contributed by atoms with E-state index >= 15 is 0 Å².